The largest absolute Gasteiger partial charge is 0.444 e. The monoisotopic (exact) mass is 457 g/mol. The number of likely N-dealkylation sites (N-methyl/N-ethyl adjacent to an activating group) is 1. The van der Waals surface area contributed by atoms with Crippen molar-refractivity contribution in [2.75, 3.05) is 20.1 Å². The Morgan fingerprint density at radius 1 is 1.21 bits per heavy atom. The highest BCUT2D eigenvalue weighted by atomic mass is 16.7. The number of piperidine rings is 1. The minimum atomic E-state index is -0.553. The van der Waals surface area contributed by atoms with E-state index >= 15 is 0 Å². The Balaban J connectivity index is 1.32. The lowest BCUT2D eigenvalue weighted by atomic mass is 10.0. The Morgan fingerprint density at radius 3 is 2.70 bits per heavy atom. The van der Waals surface area contributed by atoms with Crippen LogP contribution in [0, 0.1) is 0 Å². The molecule has 2 bridgehead atoms. The molecule has 0 radical (unpaired) electrons. The first-order chi connectivity index (χ1) is 15.7. The molecule has 3 heterocycles. The summed E-state index contributed by atoms with van der Waals surface area (Å²) in [5.41, 5.74) is 0.458. The number of amides is 3. The molecule has 2 fully saturated rings. The van der Waals surface area contributed by atoms with Crippen molar-refractivity contribution in [3.05, 3.63) is 47.7 Å². The number of carbonyl (C=O) groups is 2. The van der Waals surface area contributed by atoms with Crippen molar-refractivity contribution in [2.24, 2.45) is 0 Å². The smallest absolute Gasteiger partial charge is 0.410 e. The normalized spacial score (nSPS) is 20.3. The van der Waals surface area contributed by atoms with Gasteiger partial charge in [-0.05, 0) is 39.2 Å². The number of aromatic nitrogens is 2. The molecule has 2 atom stereocenters. The molecule has 10 heteroatoms. The van der Waals surface area contributed by atoms with Gasteiger partial charge in [0.2, 0.25) is 11.8 Å². The van der Waals surface area contributed by atoms with E-state index in [4.69, 9.17) is 14.0 Å². The fourth-order valence-corrected chi connectivity index (χ4v) is 3.97. The lowest BCUT2D eigenvalue weighted by molar-refractivity contribution is -0.140. The molecule has 1 aromatic carbocycles. The maximum atomic E-state index is 13.0. The van der Waals surface area contributed by atoms with Crippen LogP contribution in [0.25, 0.3) is 0 Å². The summed E-state index contributed by atoms with van der Waals surface area (Å²) in [4.78, 5) is 34.2. The van der Waals surface area contributed by atoms with E-state index in [2.05, 4.69) is 10.2 Å². The van der Waals surface area contributed by atoms with E-state index < -0.39 is 11.7 Å². The molecule has 10 nitrogen and oxygen atoms in total. The quantitative estimate of drug-likeness (QED) is 0.627. The van der Waals surface area contributed by atoms with Crippen LogP contribution in [0.1, 0.15) is 57.0 Å². The fraction of sp³-hybridized carbons (Fsp3) is 0.565. The number of benzene rings is 1. The van der Waals surface area contributed by atoms with Gasteiger partial charge in [0, 0.05) is 26.6 Å². The Hall–Kier alpha value is -3.14. The van der Waals surface area contributed by atoms with Crippen LogP contribution in [0.15, 0.2) is 34.7 Å². The van der Waals surface area contributed by atoms with Crippen molar-refractivity contribution in [3.8, 4) is 0 Å². The highest BCUT2D eigenvalue weighted by Crippen LogP contribution is 2.38. The SMILES string of the molecule is CN(CCc1nnc([C@@H]2CC[C@@H]3CN2C(=O)N3OCc2ccccc2)o1)C(=O)OC(C)(C)C. The van der Waals surface area contributed by atoms with Crippen molar-refractivity contribution >= 4 is 12.1 Å². The van der Waals surface area contributed by atoms with Gasteiger partial charge in [0.25, 0.3) is 0 Å². The first-order valence-electron chi connectivity index (χ1n) is 11.2. The van der Waals surface area contributed by atoms with Gasteiger partial charge in [-0.15, -0.1) is 10.2 Å². The number of hydrogen-bond acceptors (Lipinski definition) is 7. The molecule has 33 heavy (non-hydrogen) atoms. The Labute approximate surface area is 193 Å². The van der Waals surface area contributed by atoms with Crippen LogP contribution >= 0.6 is 0 Å². The zero-order valence-corrected chi connectivity index (χ0v) is 19.6. The number of fused-ring (bicyclic) bond motifs is 2. The molecule has 0 saturated carbocycles. The van der Waals surface area contributed by atoms with Crippen molar-refractivity contribution < 1.29 is 23.6 Å². The number of rotatable bonds is 7. The first-order valence-corrected chi connectivity index (χ1v) is 11.2. The van der Waals surface area contributed by atoms with Gasteiger partial charge in [0.15, 0.2) is 0 Å². The number of hydrogen-bond donors (Lipinski definition) is 0. The van der Waals surface area contributed by atoms with Gasteiger partial charge >= 0.3 is 12.1 Å². The van der Waals surface area contributed by atoms with Gasteiger partial charge < -0.3 is 19.0 Å². The summed E-state index contributed by atoms with van der Waals surface area (Å²) >= 11 is 0. The topological polar surface area (TPSA) is 101 Å². The minimum Gasteiger partial charge on any atom is -0.444 e. The average molecular weight is 458 g/mol. The van der Waals surface area contributed by atoms with Crippen LogP contribution in [-0.4, -0.2) is 69.0 Å². The molecule has 3 amide bonds. The molecule has 2 aliphatic rings. The summed E-state index contributed by atoms with van der Waals surface area (Å²) < 4.78 is 11.2. The van der Waals surface area contributed by atoms with Gasteiger partial charge in [0.05, 0.1) is 6.04 Å². The second-order valence-corrected chi connectivity index (χ2v) is 9.45. The van der Waals surface area contributed by atoms with E-state index in [-0.39, 0.29) is 18.1 Å². The lowest BCUT2D eigenvalue weighted by Gasteiger charge is -2.27. The second kappa shape index (κ2) is 9.38. The number of ether oxygens (including phenoxy) is 1. The second-order valence-electron chi connectivity index (χ2n) is 9.45. The highest BCUT2D eigenvalue weighted by Gasteiger charge is 2.47. The van der Waals surface area contributed by atoms with E-state index in [1.165, 1.54) is 9.96 Å². The van der Waals surface area contributed by atoms with Crippen LogP contribution in [0.5, 0.6) is 0 Å². The predicted octanol–water partition coefficient (Wildman–Crippen LogP) is 3.55. The Kier molecular flexibility index (Phi) is 6.55. The zero-order chi connectivity index (χ0) is 23.6. The summed E-state index contributed by atoms with van der Waals surface area (Å²) in [6.45, 7) is 6.77. The maximum absolute atomic E-state index is 13.0. The molecule has 0 aliphatic carbocycles. The number of carbonyl (C=O) groups excluding carboxylic acids is 2. The van der Waals surface area contributed by atoms with E-state index in [9.17, 15) is 9.59 Å². The molecular weight excluding hydrogens is 426 g/mol. The third-order valence-electron chi connectivity index (χ3n) is 5.67. The molecule has 2 aliphatic heterocycles. The van der Waals surface area contributed by atoms with Crippen LogP contribution < -0.4 is 0 Å². The van der Waals surface area contributed by atoms with E-state index in [0.717, 1.165) is 18.4 Å². The van der Waals surface area contributed by atoms with Crippen LogP contribution in [-0.2, 0) is 22.6 Å². The summed E-state index contributed by atoms with van der Waals surface area (Å²) in [5, 5.41) is 9.79. The van der Waals surface area contributed by atoms with Crippen LogP contribution in [0.3, 0.4) is 0 Å². The summed E-state index contributed by atoms with van der Waals surface area (Å²) in [7, 11) is 1.67. The molecule has 178 valence electrons. The van der Waals surface area contributed by atoms with Crippen LogP contribution in [0.2, 0.25) is 0 Å². The van der Waals surface area contributed by atoms with Gasteiger partial charge in [-0.3, -0.25) is 4.84 Å². The molecule has 0 N–H and O–H groups in total. The van der Waals surface area contributed by atoms with Crippen LogP contribution in [0.4, 0.5) is 9.59 Å². The van der Waals surface area contributed by atoms with Gasteiger partial charge in [0.1, 0.15) is 18.2 Å². The summed E-state index contributed by atoms with van der Waals surface area (Å²) in [6.07, 6.45) is 1.51. The van der Waals surface area contributed by atoms with E-state index in [0.29, 0.717) is 37.9 Å². The first kappa shape index (κ1) is 23.0. The summed E-state index contributed by atoms with van der Waals surface area (Å²) in [6, 6.07) is 9.34. The van der Waals surface area contributed by atoms with Gasteiger partial charge in [-0.1, -0.05) is 30.3 Å². The minimum absolute atomic E-state index is 0.0160. The van der Waals surface area contributed by atoms with Crippen molar-refractivity contribution in [2.45, 2.75) is 64.3 Å². The average Bonchev–Trinajstić information content (AvgIpc) is 3.34. The van der Waals surface area contributed by atoms with Crippen molar-refractivity contribution in [1.82, 2.24) is 25.1 Å². The Morgan fingerprint density at radius 2 is 1.97 bits per heavy atom. The molecule has 0 spiro atoms. The third kappa shape index (κ3) is 5.44. The zero-order valence-electron chi connectivity index (χ0n) is 19.6. The van der Waals surface area contributed by atoms with Crippen molar-refractivity contribution in [1.29, 1.82) is 0 Å². The maximum Gasteiger partial charge on any atom is 0.410 e. The fourth-order valence-electron chi connectivity index (χ4n) is 3.97. The highest BCUT2D eigenvalue weighted by molar-refractivity contribution is 5.77. The number of hydroxylamine groups is 2. The van der Waals surface area contributed by atoms with Crippen molar-refractivity contribution in [3.63, 3.8) is 0 Å². The number of nitrogens with zero attached hydrogens (tertiary/aromatic N) is 5. The van der Waals surface area contributed by atoms with Gasteiger partial charge in [-0.25, -0.2) is 9.59 Å². The standard InChI is InChI=1S/C23H31N5O5/c1-23(2,3)33-22(30)26(4)13-12-19-24-25-20(32-19)18-11-10-17-14-27(18)21(29)28(17)31-15-16-8-6-5-7-9-16/h5-9,17-18H,10-15H2,1-4H3/t17-,18+/m1/s1. The lowest BCUT2D eigenvalue weighted by Crippen LogP contribution is -2.35. The molecular formula is C23H31N5O5. The van der Waals surface area contributed by atoms with Gasteiger partial charge in [-0.2, -0.15) is 5.06 Å². The summed E-state index contributed by atoms with van der Waals surface area (Å²) in [5.74, 6) is 0.841. The molecule has 1 aromatic heterocycles. The van der Waals surface area contributed by atoms with E-state index in [1.54, 1.807) is 11.9 Å². The Bertz CT molecular complexity index is 973. The third-order valence-corrected chi connectivity index (χ3v) is 5.67. The molecule has 2 saturated heterocycles. The number of urea groups is 1. The molecule has 4 rings (SSSR count). The van der Waals surface area contributed by atoms with E-state index in [1.807, 2.05) is 51.1 Å². The molecule has 0 unspecified atom stereocenters. The molecule has 2 aromatic rings. The predicted molar refractivity (Wildman–Crippen MR) is 118 cm³/mol.